The Labute approximate surface area is 112 Å². The summed E-state index contributed by atoms with van der Waals surface area (Å²) >= 11 is 0. The molecule has 0 heterocycles. The van der Waals surface area contributed by atoms with Crippen LogP contribution in [0.25, 0.3) is 0 Å². The summed E-state index contributed by atoms with van der Waals surface area (Å²) in [6.07, 6.45) is 3.78. The Morgan fingerprint density at radius 2 is 1.78 bits per heavy atom. The van der Waals surface area contributed by atoms with Crippen molar-refractivity contribution in [1.82, 2.24) is 10.2 Å². The zero-order valence-corrected chi connectivity index (χ0v) is 12.2. The Morgan fingerprint density at radius 3 is 2.44 bits per heavy atom. The van der Waals surface area contributed by atoms with Crippen molar-refractivity contribution >= 4 is 0 Å². The van der Waals surface area contributed by atoms with Crippen molar-refractivity contribution in [2.75, 3.05) is 26.7 Å². The normalized spacial score (nSPS) is 11.1. The van der Waals surface area contributed by atoms with Crippen molar-refractivity contribution in [3.05, 3.63) is 35.4 Å². The molecule has 0 saturated heterocycles. The van der Waals surface area contributed by atoms with Crippen molar-refractivity contribution in [3.8, 4) is 0 Å². The number of unbranched alkanes of at least 4 members (excludes halogenated alkanes) is 1. The summed E-state index contributed by atoms with van der Waals surface area (Å²) in [5.41, 5.74) is 2.75. The summed E-state index contributed by atoms with van der Waals surface area (Å²) < 4.78 is 0. The Morgan fingerprint density at radius 1 is 1.06 bits per heavy atom. The minimum absolute atomic E-state index is 1.06. The summed E-state index contributed by atoms with van der Waals surface area (Å²) in [7, 11) is 2.21. The van der Waals surface area contributed by atoms with Crippen molar-refractivity contribution in [3.63, 3.8) is 0 Å². The number of aryl methyl sites for hydroxylation is 1. The minimum Gasteiger partial charge on any atom is -0.317 e. The Bertz CT molecular complexity index is 305. The van der Waals surface area contributed by atoms with Crippen LogP contribution in [0.5, 0.6) is 0 Å². The van der Waals surface area contributed by atoms with E-state index in [9.17, 15) is 0 Å². The van der Waals surface area contributed by atoms with Crippen molar-refractivity contribution in [2.45, 2.75) is 39.7 Å². The molecule has 0 amide bonds. The number of rotatable bonds is 9. The van der Waals surface area contributed by atoms with Gasteiger partial charge in [-0.2, -0.15) is 0 Å². The molecule has 1 N–H and O–H groups in total. The van der Waals surface area contributed by atoms with Crippen LogP contribution in [0, 0.1) is 6.92 Å². The SMILES string of the molecule is CCCNCCCCN(C)Cc1ccc(C)cc1. The number of hydrogen-bond donors (Lipinski definition) is 1. The van der Waals surface area contributed by atoms with E-state index in [1.54, 1.807) is 0 Å². The van der Waals surface area contributed by atoms with Gasteiger partial charge in [-0.1, -0.05) is 36.8 Å². The third-order valence-electron chi connectivity index (χ3n) is 3.14. The van der Waals surface area contributed by atoms with E-state index in [1.807, 2.05) is 0 Å². The van der Waals surface area contributed by atoms with E-state index in [0.29, 0.717) is 0 Å². The standard InChI is InChI=1S/C16H28N2/c1-4-11-17-12-5-6-13-18(3)14-16-9-7-15(2)8-10-16/h7-10,17H,4-6,11-14H2,1-3H3. The van der Waals surface area contributed by atoms with E-state index in [2.05, 4.69) is 55.4 Å². The van der Waals surface area contributed by atoms with Gasteiger partial charge >= 0.3 is 0 Å². The van der Waals surface area contributed by atoms with Crippen molar-refractivity contribution in [1.29, 1.82) is 0 Å². The van der Waals surface area contributed by atoms with Crippen LogP contribution in [0.2, 0.25) is 0 Å². The molecule has 2 heteroatoms. The zero-order valence-electron chi connectivity index (χ0n) is 12.2. The quantitative estimate of drug-likeness (QED) is 0.675. The molecular weight excluding hydrogens is 220 g/mol. The van der Waals surface area contributed by atoms with E-state index >= 15 is 0 Å². The van der Waals surface area contributed by atoms with Gasteiger partial charge in [-0.25, -0.2) is 0 Å². The molecule has 1 aromatic carbocycles. The lowest BCUT2D eigenvalue weighted by Gasteiger charge is -2.16. The lowest BCUT2D eigenvalue weighted by Crippen LogP contribution is -2.21. The predicted octanol–water partition coefficient (Wildman–Crippen LogP) is 3.21. The van der Waals surface area contributed by atoms with Gasteiger partial charge in [0.25, 0.3) is 0 Å². The second-order valence-electron chi connectivity index (χ2n) is 5.18. The maximum atomic E-state index is 3.45. The number of nitrogens with one attached hydrogen (secondary N) is 1. The highest BCUT2D eigenvalue weighted by molar-refractivity contribution is 5.21. The second-order valence-corrected chi connectivity index (χ2v) is 5.18. The van der Waals surface area contributed by atoms with Gasteiger partial charge in [0.1, 0.15) is 0 Å². The van der Waals surface area contributed by atoms with Crippen LogP contribution in [0.3, 0.4) is 0 Å². The van der Waals surface area contributed by atoms with E-state index in [4.69, 9.17) is 0 Å². The third kappa shape index (κ3) is 6.77. The molecule has 0 aliphatic heterocycles. The van der Waals surface area contributed by atoms with E-state index in [-0.39, 0.29) is 0 Å². The van der Waals surface area contributed by atoms with Crippen LogP contribution in [-0.2, 0) is 6.54 Å². The molecule has 0 fully saturated rings. The highest BCUT2D eigenvalue weighted by Gasteiger charge is 1.99. The Kier molecular flexibility index (Phi) is 7.70. The molecule has 0 atom stereocenters. The molecule has 1 aromatic rings. The molecule has 18 heavy (non-hydrogen) atoms. The molecule has 0 unspecified atom stereocenters. The van der Waals surface area contributed by atoms with Gasteiger partial charge in [0, 0.05) is 6.54 Å². The lowest BCUT2D eigenvalue weighted by atomic mass is 10.1. The molecule has 0 aliphatic carbocycles. The maximum Gasteiger partial charge on any atom is 0.0230 e. The highest BCUT2D eigenvalue weighted by Crippen LogP contribution is 2.06. The van der Waals surface area contributed by atoms with Crippen LogP contribution in [0.4, 0.5) is 0 Å². The topological polar surface area (TPSA) is 15.3 Å². The summed E-state index contributed by atoms with van der Waals surface area (Å²) in [6.45, 7) is 8.90. The molecule has 0 bridgehead atoms. The van der Waals surface area contributed by atoms with Gasteiger partial charge in [0.15, 0.2) is 0 Å². The summed E-state index contributed by atoms with van der Waals surface area (Å²) in [4.78, 5) is 2.41. The smallest absolute Gasteiger partial charge is 0.0230 e. The number of nitrogens with zero attached hydrogens (tertiary/aromatic N) is 1. The van der Waals surface area contributed by atoms with Crippen LogP contribution in [0.1, 0.15) is 37.3 Å². The van der Waals surface area contributed by atoms with Crippen LogP contribution >= 0.6 is 0 Å². The molecular formula is C16H28N2. The summed E-state index contributed by atoms with van der Waals surface area (Å²) in [5, 5.41) is 3.45. The largest absolute Gasteiger partial charge is 0.317 e. The van der Waals surface area contributed by atoms with Crippen LogP contribution < -0.4 is 5.32 Å². The highest BCUT2D eigenvalue weighted by atomic mass is 15.1. The van der Waals surface area contributed by atoms with Gasteiger partial charge in [-0.05, 0) is 58.4 Å². The molecule has 2 nitrogen and oxygen atoms in total. The van der Waals surface area contributed by atoms with E-state index in [1.165, 1.54) is 36.9 Å². The van der Waals surface area contributed by atoms with Gasteiger partial charge in [-0.15, -0.1) is 0 Å². The molecule has 0 aromatic heterocycles. The first-order valence-corrected chi connectivity index (χ1v) is 7.17. The minimum atomic E-state index is 1.06. The first-order valence-electron chi connectivity index (χ1n) is 7.17. The average Bonchev–Trinajstić information content (AvgIpc) is 2.36. The Hall–Kier alpha value is -0.860. The molecule has 1 rings (SSSR count). The second kappa shape index (κ2) is 9.12. The lowest BCUT2D eigenvalue weighted by molar-refractivity contribution is 0.318. The first kappa shape index (κ1) is 15.2. The van der Waals surface area contributed by atoms with Crippen molar-refractivity contribution in [2.24, 2.45) is 0 Å². The fourth-order valence-corrected chi connectivity index (χ4v) is 2.02. The van der Waals surface area contributed by atoms with Crippen LogP contribution in [-0.4, -0.2) is 31.6 Å². The van der Waals surface area contributed by atoms with Crippen LogP contribution in [0.15, 0.2) is 24.3 Å². The predicted molar refractivity (Wildman–Crippen MR) is 79.9 cm³/mol. The van der Waals surface area contributed by atoms with Gasteiger partial charge < -0.3 is 10.2 Å². The molecule has 0 aliphatic rings. The van der Waals surface area contributed by atoms with Gasteiger partial charge in [-0.3, -0.25) is 0 Å². The molecule has 102 valence electrons. The van der Waals surface area contributed by atoms with Crippen molar-refractivity contribution < 1.29 is 0 Å². The third-order valence-corrected chi connectivity index (χ3v) is 3.14. The summed E-state index contributed by atoms with van der Waals surface area (Å²) in [6, 6.07) is 8.85. The monoisotopic (exact) mass is 248 g/mol. The summed E-state index contributed by atoms with van der Waals surface area (Å²) in [5.74, 6) is 0. The fourth-order valence-electron chi connectivity index (χ4n) is 2.02. The fraction of sp³-hybridized carbons (Fsp3) is 0.625. The zero-order chi connectivity index (χ0) is 13.2. The molecule has 0 saturated carbocycles. The number of hydrogen-bond acceptors (Lipinski definition) is 2. The number of benzene rings is 1. The first-order chi connectivity index (χ1) is 8.72. The van der Waals surface area contributed by atoms with E-state index in [0.717, 1.165) is 19.6 Å². The molecule has 0 radical (unpaired) electrons. The van der Waals surface area contributed by atoms with Gasteiger partial charge in [0.05, 0.1) is 0 Å². The molecule has 0 spiro atoms. The maximum absolute atomic E-state index is 3.45. The Balaban J connectivity index is 2.10. The van der Waals surface area contributed by atoms with E-state index < -0.39 is 0 Å². The van der Waals surface area contributed by atoms with Gasteiger partial charge in [0.2, 0.25) is 0 Å². The average molecular weight is 248 g/mol.